The lowest BCUT2D eigenvalue weighted by molar-refractivity contribution is -0.120. The van der Waals surface area contributed by atoms with Crippen LogP contribution in [0.5, 0.6) is 0 Å². The number of aromatic nitrogens is 2. The summed E-state index contributed by atoms with van der Waals surface area (Å²) in [6.45, 7) is 1.74. The Kier molecular flexibility index (Phi) is 3.93. The van der Waals surface area contributed by atoms with Gasteiger partial charge in [0.1, 0.15) is 6.33 Å². The fraction of sp³-hybridized carbons (Fsp3) is 0.250. The van der Waals surface area contributed by atoms with E-state index in [1.165, 1.54) is 11.3 Å². The molecule has 0 aliphatic carbocycles. The summed E-state index contributed by atoms with van der Waals surface area (Å²) in [5.74, 6) is -0.0944. The van der Waals surface area contributed by atoms with E-state index in [-0.39, 0.29) is 18.4 Å². The fourth-order valence-electron chi connectivity index (χ4n) is 2.46. The molecule has 112 valence electrons. The van der Waals surface area contributed by atoms with E-state index in [0.29, 0.717) is 18.0 Å². The number of carbonyl (C=O) groups is 1. The van der Waals surface area contributed by atoms with Gasteiger partial charge >= 0.3 is 0 Å². The maximum absolute atomic E-state index is 12.4. The summed E-state index contributed by atoms with van der Waals surface area (Å²) < 4.78 is 0. The Hall–Kier alpha value is -2.60. The van der Waals surface area contributed by atoms with Gasteiger partial charge in [-0.1, -0.05) is 30.3 Å². The molecule has 1 amide bonds. The van der Waals surface area contributed by atoms with E-state index in [1.54, 1.807) is 13.0 Å². The van der Waals surface area contributed by atoms with Crippen LogP contribution in [0, 0.1) is 5.92 Å². The van der Waals surface area contributed by atoms with Crippen molar-refractivity contribution in [3.8, 4) is 11.3 Å². The van der Waals surface area contributed by atoms with Gasteiger partial charge in [-0.25, -0.2) is 9.97 Å². The van der Waals surface area contributed by atoms with Crippen molar-refractivity contribution in [2.45, 2.75) is 13.3 Å². The van der Waals surface area contributed by atoms with E-state index in [9.17, 15) is 4.79 Å². The van der Waals surface area contributed by atoms with Crippen LogP contribution in [0.25, 0.3) is 11.3 Å². The summed E-state index contributed by atoms with van der Waals surface area (Å²) >= 11 is 0. The van der Waals surface area contributed by atoms with Gasteiger partial charge in [-0.2, -0.15) is 10.1 Å². The minimum atomic E-state index is -0.375. The first-order valence-electron chi connectivity index (χ1n) is 7.08. The minimum absolute atomic E-state index is 0.0455. The molecule has 1 unspecified atom stereocenters. The average molecular weight is 296 g/mol. The molecule has 3 rings (SSSR count). The number of aliphatic hydroxyl groups is 1. The second kappa shape index (κ2) is 6.03. The maximum Gasteiger partial charge on any atom is 0.257 e. The number of anilines is 1. The molecule has 0 fully saturated rings. The zero-order valence-electron chi connectivity index (χ0n) is 12.2. The topological polar surface area (TPSA) is 78.7 Å². The van der Waals surface area contributed by atoms with E-state index in [2.05, 4.69) is 15.1 Å². The molecule has 0 saturated carbocycles. The minimum Gasteiger partial charge on any atom is -0.396 e. The Balaban J connectivity index is 1.92. The van der Waals surface area contributed by atoms with Crippen molar-refractivity contribution in [2.24, 2.45) is 11.0 Å². The third-order valence-corrected chi connectivity index (χ3v) is 3.63. The van der Waals surface area contributed by atoms with Crippen LogP contribution in [0.15, 0.2) is 47.8 Å². The largest absolute Gasteiger partial charge is 0.396 e. The molecule has 6 heteroatoms. The second-order valence-corrected chi connectivity index (χ2v) is 5.08. The normalized spacial score (nSPS) is 17.7. The van der Waals surface area contributed by atoms with Crippen molar-refractivity contribution in [3.63, 3.8) is 0 Å². The Morgan fingerprint density at radius 2 is 2.00 bits per heavy atom. The summed E-state index contributed by atoms with van der Waals surface area (Å²) in [6.07, 6.45) is 1.80. The molecular formula is C16H16N4O2. The summed E-state index contributed by atoms with van der Waals surface area (Å²) in [7, 11) is 0. The zero-order valence-corrected chi connectivity index (χ0v) is 12.2. The fourth-order valence-corrected chi connectivity index (χ4v) is 2.46. The van der Waals surface area contributed by atoms with E-state index in [1.807, 2.05) is 30.3 Å². The number of hydrogen-bond donors (Lipinski definition) is 1. The lowest BCUT2D eigenvalue weighted by Gasteiger charge is -2.13. The number of amides is 1. The predicted molar refractivity (Wildman–Crippen MR) is 83.3 cm³/mol. The van der Waals surface area contributed by atoms with Crippen molar-refractivity contribution in [1.82, 2.24) is 9.97 Å². The van der Waals surface area contributed by atoms with Crippen molar-refractivity contribution >= 4 is 17.4 Å². The van der Waals surface area contributed by atoms with Crippen molar-refractivity contribution in [1.29, 1.82) is 0 Å². The molecule has 6 nitrogen and oxygen atoms in total. The molecule has 22 heavy (non-hydrogen) atoms. The summed E-state index contributed by atoms with van der Waals surface area (Å²) in [5, 5.41) is 14.6. The first kappa shape index (κ1) is 14.3. The third kappa shape index (κ3) is 2.60. The third-order valence-electron chi connectivity index (χ3n) is 3.63. The first-order chi connectivity index (χ1) is 10.7. The molecule has 1 aliphatic rings. The Morgan fingerprint density at radius 3 is 2.73 bits per heavy atom. The summed E-state index contributed by atoms with van der Waals surface area (Å²) in [4.78, 5) is 20.8. The molecule has 1 aliphatic heterocycles. The smallest absolute Gasteiger partial charge is 0.257 e. The zero-order chi connectivity index (χ0) is 15.5. The van der Waals surface area contributed by atoms with Crippen molar-refractivity contribution in [3.05, 3.63) is 42.7 Å². The highest BCUT2D eigenvalue weighted by molar-refractivity contribution is 6.14. The molecule has 2 aromatic rings. The summed E-state index contributed by atoms with van der Waals surface area (Å²) in [5.41, 5.74) is 2.38. The molecule has 0 radical (unpaired) electrons. The van der Waals surface area contributed by atoms with Crippen LogP contribution in [0.2, 0.25) is 0 Å². The van der Waals surface area contributed by atoms with Crippen molar-refractivity contribution < 1.29 is 9.90 Å². The molecule has 0 bridgehead atoms. The highest BCUT2D eigenvalue weighted by Crippen LogP contribution is 2.26. The van der Waals surface area contributed by atoms with Gasteiger partial charge in [-0.3, -0.25) is 4.79 Å². The van der Waals surface area contributed by atoms with E-state index < -0.39 is 0 Å². The van der Waals surface area contributed by atoms with Gasteiger partial charge in [0, 0.05) is 23.9 Å². The van der Waals surface area contributed by atoms with Crippen LogP contribution in [0.4, 0.5) is 5.82 Å². The van der Waals surface area contributed by atoms with Crippen LogP contribution in [-0.2, 0) is 4.79 Å². The molecule has 1 aromatic carbocycles. The lowest BCUT2D eigenvalue weighted by Crippen LogP contribution is -2.28. The SMILES string of the molecule is CC1=NN(c2cc(-c3ccccc3)ncn2)C(=O)C1CCO. The van der Waals surface area contributed by atoms with E-state index >= 15 is 0 Å². The molecule has 1 aromatic heterocycles. The number of hydrogen-bond acceptors (Lipinski definition) is 5. The molecular weight excluding hydrogens is 280 g/mol. The van der Waals surface area contributed by atoms with E-state index in [0.717, 1.165) is 11.3 Å². The maximum atomic E-state index is 12.4. The van der Waals surface area contributed by atoms with Crippen LogP contribution >= 0.6 is 0 Å². The van der Waals surface area contributed by atoms with Crippen LogP contribution in [0.3, 0.4) is 0 Å². The van der Waals surface area contributed by atoms with Gasteiger partial charge in [0.25, 0.3) is 5.91 Å². The van der Waals surface area contributed by atoms with E-state index in [4.69, 9.17) is 5.11 Å². The van der Waals surface area contributed by atoms with Crippen LogP contribution in [-0.4, -0.2) is 33.3 Å². The molecule has 2 heterocycles. The average Bonchev–Trinajstić information content (AvgIpc) is 2.84. The first-order valence-corrected chi connectivity index (χ1v) is 7.08. The molecule has 1 N–H and O–H groups in total. The van der Waals surface area contributed by atoms with Crippen LogP contribution in [0.1, 0.15) is 13.3 Å². The van der Waals surface area contributed by atoms with Gasteiger partial charge in [-0.15, -0.1) is 0 Å². The Bertz CT molecular complexity index is 715. The van der Waals surface area contributed by atoms with Gasteiger partial charge in [-0.05, 0) is 13.3 Å². The number of rotatable bonds is 4. The highest BCUT2D eigenvalue weighted by atomic mass is 16.3. The standard InChI is InChI=1S/C16H16N4O2/c1-11-13(7-8-21)16(22)20(19-11)15-9-14(17-10-18-15)12-5-3-2-4-6-12/h2-6,9-10,13,21H,7-8H2,1H3. The van der Waals surface area contributed by atoms with Gasteiger partial charge in [0.05, 0.1) is 11.6 Å². The Labute approximate surface area is 128 Å². The number of hydrazone groups is 1. The van der Waals surface area contributed by atoms with Crippen LogP contribution < -0.4 is 5.01 Å². The molecule has 0 saturated heterocycles. The predicted octanol–water partition coefficient (Wildman–Crippen LogP) is 1.86. The quantitative estimate of drug-likeness (QED) is 0.934. The molecule has 1 atom stereocenters. The highest BCUT2D eigenvalue weighted by Gasteiger charge is 2.34. The number of benzene rings is 1. The number of aliphatic hydroxyl groups excluding tert-OH is 1. The number of carbonyl (C=O) groups excluding carboxylic acids is 1. The Morgan fingerprint density at radius 1 is 1.23 bits per heavy atom. The summed E-state index contributed by atoms with van der Waals surface area (Å²) in [6, 6.07) is 11.4. The van der Waals surface area contributed by atoms with Gasteiger partial charge in [0.15, 0.2) is 5.82 Å². The monoisotopic (exact) mass is 296 g/mol. The lowest BCUT2D eigenvalue weighted by atomic mass is 10.0. The van der Waals surface area contributed by atoms with Gasteiger partial charge in [0.2, 0.25) is 0 Å². The number of nitrogens with zero attached hydrogens (tertiary/aromatic N) is 4. The second-order valence-electron chi connectivity index (χ2n) is 5.08. The molecule has 0 spiro atoms. The van der Waals surface area contributed by atoms with Crippen molar-refractivity contribution in [2.75, 3.05) is 11.6 Å². The van der Waals surface area contributed by atoms with Gasteiger partial charge < -0.3 is 5.11 Å².